The van der Waals surface area contributed by atoms with Crippen LogP contribution in [0.5, 0.6) is 0 Å². The number of nitrogens with zero attached hydrogens (tertiary/aromatic N) is 2. The summed E-state index contributed by atoms with van der Waals surface area (Å²) in [5.41, 5.74) is 0.292. The lowest BCUT2D eigenvalue weighted by molar-refractivity contribution is 0.536. The molecule has 0 saturated heterocycles. The minimum absolute atomic E-state index is 0.158. The second-order valence-electron chi connectivity index (χ2n) is 3.74. The molecule has 1 aromatic rings. The third-order valence-corrected chi connectivity index (χ3v) is 2.32. The van der Waals surface area contributed by atoms with Gasteiger partial charge >= 0.3 is 5.69 Å². The van der Waals surface area contributed by atoms with Crippen molar-refractivity contribution in [2.24, 2.45) is 0 Å². The average Bonchev–Trinajstić information content (AvgIpc) is 2.21. The highest BCUT2D eigenvalue weighted by molar-refractivity contribution is 5.02. The van der Waals surface area contributed by atoms with Crippen molar-refractivity contribution in [1.29, 1.82) is 0 Å². The van der Waals surface area contributed by atoms with Gasteiger partial charge in [0, 0.05) is 24.8 Å². The van der Waals surface area contributed by atoms with Gasteiger partial charge in [0.1, 0.15) is 0 Å². The van der Waals surface area contributed by atoms with Crippen molar-refractivity contribution in [3.8, 4) is 0 Å². The first-order valence-electron chi connectivity index (χ1n) is 5.42. The first-order valence-corrected chi connectivity index (χ1v) is 5.42. The van der Waals surface area contributed by atoms with Crippen molar-refractivity contribution in [3.63, 3.8) is 0 Å². The van der Waals surface area contributed by atoms with Gasteiger partial charge < -0.3 is 4.57 Å². The highest BCUT2D eigenvalue weighted by Crippen LogP contribution is 1.90. The molecule has 0 amide bonds. The fourth-order valence-corrected chi connectivity index (χ4v) is 1.62. The topological polar surface area (TPSA) is 44.0 Å². The van der Waals surface area contributed by atoms with E-state index in [-0.39, 0.29) is 11.2 Å². The molecule has 84 valence electrons. The molecule has 0 bridgehead atoms. The van der Waals surface area contributed by atoms with E-state index in [0.29, 0.717) is 18.7 Å². The largest absolute Gasteiger partial charge is 0.330 e. The fraction of sp³-hybridized carbons (Fsp3) is 0.636. The summed E-state index contributed by atoms with van der Waals surface area (Å²) in [5, 5.41) is 0. The van der Waals surface area contributed by atoms with Crippen LogP contribution in [0.3, 0.4) is 0 Å². The van der Waals surface area contributed by atoms with E-state index < -0.39 is 0 Å². The number of rotatable bonds is 4. The zero-order valence-electron chi connectivity index (χ0n) is 9.62. The van der Waals surface area contributed by atoms with Crippen LogP contribution >= 0.6 is 0 Å². The Labute approximate surface area is 89.2 Å². The Kier molecular flexibility index (Phi) is 3.88. The Morgan fingerprint density at radius 1 is 1.13 bits per heavy atom. The molecule has 0 aliphatic carbocycles. The van der Waals surface area contributed by atoms with Crippen LogP contribution in [0.1, 0.15) is 32.3 Å². The quantitative estimate of drug-likeness (QED) is 0.748. The Morgan fingerprint density at radius 2 is 1.73 bits per heavy atom. The molecule has 0 aliphatic heterocycles. The van der Waals surface area contributed by atoms with Crippen molar-refractivity contribution in [2.75, 3.05) is 0 Å². The molecular weight excluding hydrogens is 192 g/mol. The molecule has 0 fully saturated rings. The molecule has 4 nitrogen and oxygen atoms in total. The van der Waals surface area contributed by atoms with Gasteiger partial charge in [0.15, 0.2) is 0 Å². The van der Waals surface area contributed by atoms with E-state index in [1.807, 2.05) is 13.8 Å². The standard InChI is InChI=1S/C11H18N2O2/c1-4-6-12-8-9(3)10(14)13(7-5-2)11(12)15/h8H,4-7H2,1-3H3. The van der Waals surface area contributed by atoms with Gasteiger partial charge in [-0.25, -0.2) is 4.79 Å². The van der Waals surface area contributed by atoms with Crippen molar-refractivity contribution in [2.45, 2.75) is 46.7 Å². The summed E-state index contributed by atoms with van der Waals surface area (Å²) in [6.07, 6.45) is 3.34. The maximum absolute atomic E-state index is 11.8. The summed E-state index contributed by atoms with van der Waals surface area (Å²) in [7, 11) is 0. The summed E-state index contributed by atoms with van der Waals surface area (Å²) in [5.74, 6) is 0. The average molecular weight is 210 g/mol. The van der Waals surface area contributed by atoms with Gasteiger partial charge in [-0.3, -0.25) is 9.36 Å². The van der Waals surface area contributed by atoms with Crippen LogP contribution in [0.4, 0.5) is 0 Å². The van der Waals surface area contributed by atoms with Crippen LogP contribution in [0.15, 0.2) is 15.8 Å². The van der Waals surface area contributed by atoms with Crippen LogP contribution < -0.4 is 11.2 Å². The van der Waals surface area contributed by atoms with Crippen LogP contribution in [0.2, 0.25) is 0 Å². The van der Waals surface area contributed by atoms with Gasteiger partial charge in [0.2, 0.25) is 0 Å². The number of aryl methyl sites for hydroxylation is 2. The third-order valence-electron chi connectivity index (χ3n) is 2.32. The lowest BCUT2D eigenvalue weighted by Gasteiger charge is -2.09. The summed E-state index contributed by atoms with van der Waals surface area (Å²) < 4.78 is 2.94. The van der Waals surface area contributed by atoms with E-state index in [2.05, 4.69) is 0 Å². The second kappa shape index (κ2) is 4.96. The van der Waals surface area contributed by atoms with Crippen molar-refractivity contribution in [3.05, 3.63) is 32.6 Å². The molecule has 0 N–H and O–H groups in total. The summed E-state index contributed by atoms with van der Waals surface area (Å²) in [6, 6.07) is 0. The van der Waals surface area contributed by atoms with Gasteiger partial charge in [-0.15, -0.1) is 0 Å². The highest BCUT2D eigenvalue weighted by atomic mass is 16.2. The molecule has 0 unspecified atom stereocenters. The van der Waals surface area contributed by atoms with Gasteiger partial charge in [0.25, 0.3) is 5.56 Å². The van der Waals surface area contributed by atoms with Crippen LogP contribution in [0, 0.1) is 6.92 Å². The summed E-state index contributed by atoms with van der Waals surface area (Å²) in [4.78, 5) is 23.5. The Hall–Kier alpha value is -1.32. The van der Waals surface area contributed by atoms with Crippen molar-refractivity contribution >= 4 is 0 Å². The molecule has 0 saturated carbocycles. The van der Waals surface area contributed by atoms with E-state index in [1.165, 1.54) is 4.57 Å². The molecule has 4 heteroatoms. The monoisotopic (exact) mass is 210 g/mol. The van der Waals surface area contributed by atoms with Crippen LogP contribution in [0.25, 0.3) is 0 Å². The molecule has 0 atom stereocenters. The smallest absolute Gasteiger partial charge is 0.300 e. The lowest BCUT2D eigenvalue weighted by atomic mass is 10.3. The summed E-state index contributed by atoms with van der Waals surface area (Å²) >= 11 is 0. The van der Waals surface area contributed by atoms with Gasteiger partial charge in [0.05, 0.1) is 0 Å². The normalized spacial score (nSPS) is 10.6. The number of aromatic nitrogens is 2. The minimum atomic E-state index is -0.186. The zero-order chi connectivity index (χ0) is 11.4. The van der Waals surface area contributed by atoms with E-state index in [1.54, 1.807) is 17.7 Å². The van der Waals surface area contributed by atoms with Crippen molar-refractivity contribution in [1.82, 2.24) is 9.13 Å². The molecule has 0 aliphatic rings. The molecule has 0 aromatic carbocycles. The number of hydrogen-bond donors (Lipinski definition) is 0. The van der Waals surface area contributed by atoms with Crippen LogP contribution in [-0.4, -0.2) is 9.13 Å². The fourth-order valence-electron chi connectivity index (χ4n) is 1.62. The second-order valence-corrected chi connectivity index (χ2v) is 3.74. The maximum Gasteiger partial charge on any atom is 0.330 e. The third kappa shape index (κ3) is 2.37. The molecular formula is C11H18N2O2. The molecule has 0 radical (unpaired) electrons. The minimum Gasteiger partial charge on any atom is -0.300 e. The first kappa shape index (κ1) is 11.8. The molecule has 1 heterocycles. The van der Waals surface area contributed by atoms with Crippen LogP contribution in [-0.2, 0) is 13.1 Å². The molecule has 15 heavy (non-hydrogen) atoms. The van der Waals surface area contributed by atoms with Crippen molar-refractivity contribution < 1.29 is 0 Å². The van der Waals surface area contributed by atoms with Gasteiger partial charge in [-0.05, 0) is 19.8 Å². The molecule has 1 aromatic heterocycles. The van der Waals surface area contributed by atoms with E-state index in [0.717, 1.165) is 12.8 Å². The molecule has 1 rings (SSSR count). The first-order chi connectivity index (χ1) is 7.11. The Bertz CT molecular complexity index is 443. The maximum atomic E-state index is 11.8. The van der Waals surface area contributed by atoms with E-state index in [4.69, 9.17) is 0 Å². The van der Waals surface area contributed by atoms with Gasteiger partial charge in [-0.1, -0.05) is 13.8 Å². The SMILES string of the molecule is CCCn1cc(C)c(=O)n(CCC)c1=O. The lowest BCUT2D eigenvalue weighted by Crippen LogP contribution is -2.40. The number of hydrogen-bond acceptors (Lipinski definition) is 2. The Balaban J connectivity index is 3.35. The van der Waals surface area contributed by atoms with E-state index >= 15 is 0 Å². The summed E-state index contributed by atoms with van der Waals surface area (Å²) in [6.45, 7) is 6.89. The zero-order valence-corrected chi connectivity index (χ0v) is 9.62. The van der Waals surface area contributed by atoms with Gasteiger partial charge in [-0.2, -0.15) is 0 Å². The molecule has 0 spiro atoms. The predicted molar refractivity (Wildman–Crippen MR) is 60.3 cm³/mol. The highest BCUT2D eigenvalue weighted by Gasteiger charge is 2.06. The predicted octanol–water partition coefficient (Wildman–Crippen LogP) is 1.14. The van der Waals surface area contributed by atoms with E-state index in [9.17, 15) is 9.59 Å². The Morgan fingerprint density at radius 3 is 2.27 bits per heavy atom.